The van der Waals surface area contributed by atoms with Crippen LogP contribution in [0.5, 0.6) is 0 Å². The standard InChI is InChI=1S/C19H20N4O3.ClH.H2S/c1-12-4-3-5-16(8-12)23-18-9-15(7-6-14(18)10-21-23)22-19(25)17(20)11-26-13(2)24;;/h3-10,17H,11,20H2,1-2H3,(H,22,25);1H;1H2/t17-;;/m0../s1. The summed E-state index contributed by atoms with van der Waals surface area (Å²) in [5.74, 6) is -0.899. The Labute approximate surface area is 176 Å². The molecule has 0 unspecified atom stereocenters. The third-order valence-corrected chi connectivity index (χ3v) is 3.89. The van der Waals surface area contributed by atoms with Crippen molar-refractivity contribution in [2.75, 3.05) is 11.9 Å². The van der Waals surface area contributed by atoms with E-state index in [9.17, 15) is 9.59 Å². The van der Waals surface area contributed by atoms with Crippen LogP contribution in [0.3, 0.4) is 0 Å². The van der Waals surface area contributed by atoms with E-state index in [4.69, 9.17) is 10.5 Å². The van der Waals surface area contributed by atoms with Gasteiger partial charge in [-0.3, -0.25) is 9.59 Å². The van der Waals surface area contributed by atoms with Crippen LogP contribution in [-0.2, 0) is 14.3 Å². The molecule has 0 radical (unpaired) electrons. The molecule has 0 aliphatic carbocycles. The molecule has 1 amide bonds. The number of aromatic nitrogens is 2. The number of nitrogens with two attached hydrogens (primary N) is 1. The molecule has 2 aromatic carbocycles. The first-order valence-electron chi connectivity index (χ1n) is 8.18. The molecule has 0 saturated heterocycles. The van der Waals surface area contributed by atoms with Crippen molar-refractivity contribution >= 4 is 54.4 Å². The number of hydrogen-bond donors (Lipinski definition) is 2. The van der Waals surface area contributed by atoms with Crippen LogP contribution < -0.4 is 11.1 Å². The predicted molar refractivity (Wildman–Crippen MR) is 117 cm³/mol. The van der Waals surface area contributed by atoms with Crippen LogP contribution in [0.1, 0.15) is 12.5 Å². The molecule has 0 fully saturated rings. The van der Waals surface area contributed by atoms with E-state index in [0.29, 0.717) is 5.69 Å². The maximum absolute atomic E-state index is 12.1. The lowest BCUT2D eigenvalue weighted by Crippen LogP contribution is -2.39. The second kappa shape index (κ2) is 10.1. The summed E-state index contributed by atoms with van der Waals surface area (Å²) in [7, 11) is 0. The van der Waals surface area contributed by atoms with Gasteiger partial charge in [0.2, 0.25) is 5.91 Å². The van der Waals surface area contributed by atoms with Crippen molar-refractivity contribution in [3.63, 3.8) is 0 Å². The number of carbonyl (C=O) groups excluding carboxylic acids is 2. The molecule has 0 saturated carbocycles. The number of fused-ring (bicyclic) bond motifs is 1. The molecular formula is C19H23ClN4O3S. The highest BCUT2D eigenvalue weighted by Crippen LogP contribution is 2.22. The molecule has 1 atom stereocenters. The minimum Gasteiger partial charge on any atom is -0.464 e. The van der Waals surface area contributed by atoms with E-state index in [1.807, 2.05) is 48.0 Å². The van der Waals surface area contributed by atoms with E-state index >= 15 is 0 Å². The highest BCUT2D eigenvalue weighted by atomic mass is 35.5. The second-order valence-corrected chi connectivity index (χ2v) is 6.07. The molecule has 28 heavy (non-hydrogen) atoms. The Morgan fingerprint density at radius 1 is 1.25 bits per heavy atom. The zero-order valence-electron chi connectivity index (χ0n) is 15.5. The number of benzene rings is 2. The lowest BCUT2D eigenvalue weighted by molar-refractivity contribution is -0.142. The van der Waals surface area contributed by atoms with E-state index in [1.165, 1.54) is 6.92 Å². The molecule has 0 aliphatic rings. The van der Waals surface area contributed by atoms with Crippen LogP contribution >= 0.6 is 25.9 Å². The zero-order chi connectivity index (χ0) is 18.7. The van der Waals surface area contributed by atoms with Gasteiger partial charge in [0.25, 0.3) is 0 Å². The van der Waals surface area contributed by atoms with Crippen molar-refractivity contribution in [1.29, 1.82) is 0 Å². The Hall–Kier alpha value is -2.55. The molecule has 3 aromatic rings. The Morgan fingerprint density at radius 2 is 2.00 bits per heavy atom. The van der Waals surface area contributed by atoms with Gasteiger partial charge in [0.15, 0.2) is 0 Å². The summed E-state index contributed by atoms with van der Waals surface area (Å²) in [6.45, 7) is 3.13. The number of anilines is 1. The van der Waals surface area contributed by atoms with Gasteiger partial charge in [-0.05, 0) is 42.8 Å². The molecule has 1 heterocycles. The number of ether oxygens (including phenoxy) is 1. The third-order valence-electron chi connectivity index (χ3n) is 3.89. The Balaban J connectivity index is 0.00000196. The topological polar surface area (TPSA) is 99.2 Å². The number of rotatable bonds is 5. The number of amides is 1. The van der Waals surface area contributed by atoms with Gasteiger partial charge in [-0.25, -0.2) is 4.68 Å². The molecule has 150 valence electrons. The molecule has 1 aromatic heterocycles. The number of carbonyl (C=O) groups is 2. The minimum absolute atomic E-state index is 0. The number of halogens is 1. The highest BCUT2D eigenvalue weighted by molar-refractivity contribution is 7.59. The number of nitrogens with zero attached hydrogens (tertiary/aromatic N) is 2. The fourth-order valence-corrected chi connectivity index (χ4v) is 2.58. The maximum Gasteiger partial charge on any atom is 0.302 e. The van der Waals surface area contributed by atoms with Gasteiger partial charge in [-0.15, -0.1) is 12.4 Å². The molecule has 0 spiro atoms. The second-order valence-electron chi connectivity index (χ2n) is 6.07. The summed E-state index contributed by atoms with van der Waals surface area (Å²) < 4.78 is 6.59. The zero-order valence-corrected chi connectivity index (χ0v) is 17.3. The van der Waals surface area contributed by atoms with E-state index in [1.54, 1.807) is 12.3 Å². The summed E-state index contributed by atoms with van der Waals surface area (Å²) in [4.78, 5) is 23.0. The first-order chi connectivity index (χ1) is 12.4. The minimum atomic E-state index is -0.934. The van der Waals surface area contributed by atoms with Crippen molar-refractivity contribution in [2.45, 2.75) is 19.9 Å². The smallest absolute Gasteiger partial charge is 0.302 e. The van der Waals surface area contributed by atoms with Crippen molar-refractivity contribution in [3.05, 3.63) is 54.2 Å². The molecule has 0 bridgehead atoms. The Morgan fingerprint density at radius 3 is 2.68 bits per heavy atom. The van der Waals surface area contributed by atoms with Gasteiger partial charge in [-0.2, -0.15) is 18.6 Å². The summed E-state index contributed by atoms with van der Waals surface area (Å²) in [5, 5.41) is 8.13. The number of nitrogens with one attached hydrogen (secondary N) is 1. The summed E-state index contributed by atoms with van der Waals surface area (Å²) in [6, 6.07) is 12.6. The molecule has 3 N–H and O–H groups in total. The number of aryl methyl sites for hydroxylation is 1. The van der Waals surface area contributed by atoms with Gasteiger partial charge in [0.05, 0.1) is 17.4 Å². The molecule has 9 heteroatoms. The van der Waals surface area contributed by atoms with Crippen LogP contribution in [0, 0.1) is 6.92 Å². The maximum atomic E-state index is 12.1. The van der Waals surface area contributed by atoms with Gasteiger partial charge in [0, 0.05) is 18.0 Å². The van der Waals surface area contributed by atoms with Gasteiger partial charge in [0.1, 0.15) is 12.6 Å². The lowest BCUT2D eigenvalue weighted by atomic mass is 10.2. The van der Waals surface area contributed by atoms with E-state index < -0.39 is 17.9 Å². The highest BCUT2D eigenvalue weighted by Gasteiger charge is 2.16. The molecule has 0 aliphatic heterocycles. The van der Waals surface area contributed by atoms with E-state index in [2.05, 4.69) is 10.4 Å². The SMILES string of the molecule is CC(=O)OC[C@H](N)C(=O)Nc1ccc2cnn(-c3cccc(C)c3)c2c1.Cl.S. The Bertz CT molecular complexity index is 977. The van der Waals surface area contributed by atoms with Crippen molar-refractivity contribution < 1.29 is 14.3 Å². The van der Waals surface area contributed by atoms with Crippen molar-refractivity contribution in [3.8, 4) is 5.69 Å². The molecule has 7 nitrogen and oxygen atoms in total. The summed E-state index contributed by atoms with van der Waals surface area (Å²) in [6.07, 6.45) is 1.77. The Kier molecular flexibility index (Phi) is 8.49. The van der Waals surface area contributed by atoms with Crippen LogP contribution in [0.25, 0.3) is 16.6 Å². The fraction of sp³-hybridized carbons (Fsp3) is 0.211. The van der Waals surface area contributed by atoms with Crippen LogP contribution in [-0.4, -0.2) is 34.3 Å². The first kappa shape index (κ1) is 23.5. The van der Waals surface area contributed by atoms with Gasteiger partial charge >= 0.3 is 5.97 Å². The van der Waals surface area contributed by atoms with Crippen molar-refractivity contribution in [1.82, 2.24) is 9.78 Å². The quantitative estimate of drug-likeness (QED) is 0.616. The molecular weight excluding hydrogens is 400 g/mol. The largest absolute Gasteiger partial charge is 0.464 e. The number of hydrogen-bond acceptors (Lipinski definition) is 5. The molecule has 3 rings (SSSR count). The fourth-order valence-electron chi connectivity index (χ4n) is 2.58. The number of esters is 1. The average Bonchev–Trinajstić information content (AvgIpc) is 3.02. The van der Waals surface area contributed by atoms with Crippen molar-refractivity contribution in [2.24, 2.45) is 5.73 Å². The van der Waals surface area contributed by atoms with E-state index in [0.717, 1.165) is 22.2 Å². The van der Waals surface area contributed by atoms with Crippen LogP contribution in [0.2, 0.25) is 0 Å². The monoisotopic (exact) mass is 422 g/mol. The van der Waals surface area contributed by atoms with Gasteiger partial charge in [-0.1, -0.05) is 12.1 Å². The van der Waals surface area contributed by atoms with Crippen LogP contribution in [0.4, 0.5) is 5.69 Å². The third kappa shape index (κ3) is 5.48. The normalized spacial score (nSPS) is 11.1. The summed E-state index contributed by atoms with van der Waals surface area (Å²) in [5.41, 5.74) is 9.26. The first-order valence-corrected chi connectivity index (χ1v) is 8.18. The predicted octanol–water partition coefficient (Wildman–Crippen LogP) is 2.70. The average molecular weight is 423 g/mol. The van der Waals surface area contributed by atoms with E-state index in [-0.39, 0.29) is 32.5 Å². The lowest BCUT2D eigenvalue weighted by Gasteiger charge is -2.12. The summed E-state index contributed by atoms with van der Waals surface area (Å²) >= 11 is 0. The van der Waals surface area contributed by atoms with Gasteiger partial charge < -0.3 is 15.8 Å². The van der Waals surface area contributed by atoms with Crippen LogP contribution in [0.15, 0.2) is 48.7 Å².